The van der Waals surface area contributed by atoms with Gasteiger partial charge in [0.05, 0.1) is 22.8 Å². The van der Waals surface area contributed by atoms with Crippen molar-refractivity contribution in [1.82, 2.24) is 29.4 Å². The molecule has 33 heavy (non-hydrogen) atoms. The van der Waals surface area contributed by atoms with Crippen molar-refractivity contribution in [2.24, 2.45) is 7.05 Å². The van der Waals surface area contributed by atoms with E-state index in [-0.39, 0.29) is 5.91 Å². The van der Waals surface area contributed by atoms with Crippen LogP contribution in [0.25, 0.3) is 17.1 Å². The first-order valence-electron chi connectivity index (χ1n) is 11.1. The number of piperazine rings is 1. The molecular formula is C25H27N7O. The number of hydrogen-bond donors (Lipinski definition) is 0. The lowest BCUT2D eigenvalue weighted by Gasteiger charge is -2.36. The Labute approximate surface area is 193 Å². The predicted molar refractivity (Wildman–Crippen MR) is 128 cm³/mol. The third-order valence-corrected chi connectivity index (χ3v) is 6.17. The second-order valence-corrected chi connectivity index (χ2v) is 8.30. The molecule has 0 saturated carbocycles. The van der Waals surface area contributed by atoms with Crippen LogP contribution in [0.4, 0.5) is 5.69 Å². The maximum Gasteiger partial charge on any atom is 0.272 e. The SMILES string of the molecule is Cc1nn(-c2ccccn2)c(C)c1N1CCN(C(=O)c2cc(-c3ccccc3)nn2C)CC1. The third-order valence-electron chi connectivity index (χ3n) is 6.17. The van der Waals surface area contributed by atoms with Gasteiger partial charge in [0.1, 0.15) is 5.69 Å². The lowest BCUT2D eigenvalue weighted by Crippen LogP contribution is -2.49. The highest BCUT2D eigenvalue weighted by Gasteiger charge is 2.28. The van der Waals surface area contributed by atoms with Crippen LogP contribution in [0.5, 0.6) is 0 Å². The molecule has 3 aromatic heterocycles. The maximum atomic E-state index is 13.3. The number of carbonyl (C=O) groups is 1. The van der Waals surface area contributed by atoms with Crippen LogP contribution < -0.4 is 4.90 Å². The number of rotatable bonds is 4. The molecular weight excluding hydrogens is 414 g/mol. The molecule has 5 rings (SSSR count). The lowest BCUT2D eigenvalue weighted by molar-refractivity contribution is 0.0735. The van der Waals surface area contributed by atoms with Crippen LogP contribution in [0.1, 0.15) is 21.9 Å². The largest absolute Gasteiger partial charge is 0.365 e. The molecule has 0 unspecified atom stereocenters. The number of nitrogens with zero attached hydrogens (tertiary/aromatic N) is 7. The highest BCUT2D eigenvalue weighted by atomic mass is 16.2. The first-order chi connectivity index (χ1) is 16.0. The second-order valence-electron chi connectivity index (χ2n) is 8.30. The minimum atomic E-state index is 0.0180. The van der Waals surface area contributed by atoms with Gasteiger partial charge < -0.3 is 9.80 Å². The fourth-order valence-corrected chi connectivity index (χ4v) is 4.51. The van der Waals surface area contributed by atoms with E-state index in [0.29, 0.717) is 18.8 Å². The Morgan fingerprint density at radius 1 is 0.909 bits per heavy atom. The normalized spacial score (nSPS) is 14.0. The van der Waals surface area contributed by atoms with Gasteiger partial charge in [0, 0.05) is 45.0 Å². The van der Waals surface area contributed by atoms with E-state index in [4.69, 9.17) is 5.10 Å². The smallest absolute Gasteiger partial charge is 0.272 e. The summed E-state index contributed by atoms with van der Waals surface area (Å²) < 4.78 is 3.57. The number of anilines is 1. The van der Waals surface area contributed by atoms with Gasteiger partial charge in [-0.05, 0) is 32.0 Å². The molecule has 0 atom stereocenters. The molecule has 0 aliphatic carbocycles. The number of aryl methyl sites for hydroxylation is 2. The van der Waals surface area contributed by atoms with Gasteiger partial charge in [-0.15, -0.1) is 0 Å². The number of aromatic nitrogens is 5. The Hall–Kier alpha value is -3.94. The molecule has 0 N–H and O–H groups in total. The summed E-state index contributed by atoms with van der Waals surface area (Å²) in [6.45, 7) is 6.91. The Kier molecular flexibility index (Phi) is 5.42. The van der Waals surface area contributed by atoms with Crippen molar-refractivity contribution in [3.63, 3.8) is 0 Å². The Balaban J connectivity index is 1.31. The van der Waals surface area contributed by atoms with Crippen LogP contribution in [-0.2, 0) is 7.05 Å². The molecule has 1 saturated heterocycles. The minimum Gasteiger partial charge on any atom is -0.365 e. The first-order valence-corrected chi connectivity index (χ1v) is 11.1. The molecule has 1 amide bonds. The fraction of sp³-hybridized carbons (Fsp3) is 0.280. The average Bonchev–Trinajstić information content (AvgIpc) is 3.39. The topological polar surface area (TPSA) is 72.1 Å². The maximum absolute atomic E-state index is 13.3. The molecule has 1 aliphatic rings. The number of carbonyl (C=O) groups excluding carboxylic acids is 1. The minimum absolute atomic E-state index is 0.0180. The Morgan fingerprint density at radius 3 is 2.33 bits per heavy atom. The summed E-state index contributed by atoms with van der Waals surface area (Å²) in [5.74, 6) is 0.827. The van der Waals surface area contributed by atoms with E-state index < -0.39 is 0 Å². The standard InChI is InChI=1S/C25H27N7O/c1-18-24(19(2)32(27-18)23-11-7-8-12-26-23)30-13-15-31(16-14-30)25(33)22-17-21(28-29(22)3)20-9-5-4-6-10-20/h4-12,17H,13-16H2,1-3H3. The van der Waals surface area contributed by atoms with Gasteiger partial charge in [-0.25, -0.2) is 9.67 Å². The molecule has 0 spiro atoms. The Morgan fingerprint density at radius 2 is 1.64 bits per heavy atom. The van der Waals surface area contributed by atoms with Crippen molar-refractivity contribution in [2.45, 2.75) is 13.8 Å². The molecule has 1 fully saturated rings. The summed E-state index contributed by atoms with van der Waals surface area (Å²) in [4.78, 5) is 21.9. The van der Waals surface area contributed by atoms with Gasteiger partial charge in [-0.1, -0.05) is 36.4 Å². The quantitative estimate of drug-likeness (QED) is 0.486. The number of pyridine rings is 1. The van der Waals surface area contributed by atoms with Crippen LogP contribution in [0.2, 0.25) is 0 Å². The molecule has 168 valence electrons. The summed E-state index contributed by atoms with van der Waals surface area (Å²) in [5.41, 5.74) is 5.58. The van der Waals surface area contributed by atoms with E-state index in [1.807, 2.05) is 78.2 Å². The summed E-state index contributed by atoms with van der Waals surface area (Å²) in [7, 11) is 1.83. The van der Waals surface area contributed by atoms with Crippen molar-refractivity contribution >= 4 is 11.6 Å². The molecule has 1 aliphatic heterocycles. The first kappa shape index (κ1) is 20.9. The highest BCUT2D eigenvalue weighted by Crippen LogP contribution is 2.28. The van der Waals surface area contributed by atoms with Crippen LogP contribution >= 0.6 is 0 Å². The van der Waals surface area contributed by atoms with Crippen LogP contribution in [-0.4, -0.2) is 61.5 Å². The summed E-state index contributed by atoms with van der Waals surface area (Å²) in [6.07, 6.45) is 1.78. The highest BCUT2D eigenvalue weighted by molar-refractivity contribution is 5.94. The summed E-state index contributed by atoms with van der Waals surface area (Å²) >= 11 is 0. The van der Waals surface area contributed by atoms with Crippen molar-refractivity contribution in [2.75, 3.05) is 31.1 Å². The van der Waals surface area contributed by atoms with Gasteiger partial charge >= 0.3 is 0 Å². The second kappa shape index (κ2) is 8.54. The number of benzene rings is 1. The van der Waals surface area contributed by atoms with Gasteiger partial charge in [0.15, 0.2) is 5.82 Å². The van der Waals surface area contributed by atoms with E-state index >= 15 is 0 Å². The molecule has 8 heteroatoms. The number of hydrogen-bond acceptors (Lipinski definition) is 5. The van der Waals surface area contributed by atoms with Gasteiger partial charge in [0.25, 0.3) is 5.91 Å². The van der Waals surface area contributed by atoms with Crippen molar-refractivity contribution in [1.29, 1.82) is 0 Å². The lowest BCUT2D eigenvalue weighted by atomic mass is 10.1. The average molecular weight is 442 g/mol. The van der Waals surface area contributed by atoms with Gasteiger partial charge in [-0.3, -0.25) is 9.48 Å². The van der Waals surface area contributed by atoms with Crippen molar-refractivity contribution < 1.29 is 4.79 Å². The molecule has 8 nitrogen and oxygen atoms in total. The molecule has 0 bridgehead atoms. The van der Waals surface area contributed by atoms with Crippen LogP contribution in [0.3, 0.4) is 0 Å². The van der Waals surface area contributed by atoms with Crippen LogP contribution in [0.15, 0.2) is 60.8 Å². The van der Waals surface area contributed by atoms with E-state index in [2.05, 4.69) is 21.9 Å². The molecule has 1 aromatic carbocycles. The molecule has 4 aromatic rings. The van der Waals surface area contributed by atoms with E-state index in [1.54, 1.807) is 10.9 Å². The predicted octanol–water partition coefficient (Wildman–Crippen LogP) is 3.25. The summed E-state index contributed by atoms with van der Waals surface area (Å²) in [6, 6.07) is 17.6. The summed E-state index contributed by atoms with van der Waals surface area (Å²) in [5, 5.41) is 9.28. The van der Waals surface area contributed by atoms with E-state index in [1.165, 1.54) is 0 Å². The van der Waals surface area contributed by atoms with E-state index in [0.717, 1.165) is 47.2 Å². The third kappa shape index (κ3) is 3.88. The Bertz CT molecular complexity index is 1270. The van der Waals surface area contributed by atoms with E-state index in [9.17, 15) is 4.79 Å². The van der Waals surface area contributed by atoms with Gasteiger partial charge in [0.2, 0.25) is 0 Å². The van der Waals surface area contributed by atoms with Crippen LogP contribution in [0, 0.1) is 13.8 Å². The fourth-order valence-electron chi connectivity index (χ4n) is 4.51. The monoisotopic (exact) mass is 441 g/mol. The zero-order valence-corrected chi connectivity index (χ0v) is 19.1. The zero-order valence-electron chi connectivity index (χ0n) is 19.1. The van der Waals surface area contributed by atoms with Gasteiger partial charge in [-0.2, -0.15) is 10.2 Å². The number of amides is 1. The zero-order chi connectivity index (χ0) is 22.9. The van der Waals surface area contributed by atoms with Crippen molar-refractivity contribution in [3.05, 3.63) is 77.9 Å². The molecule has 4 heterocycles. The van der Waals surface area contributed by atoms with Crippen molar-refractivity contribution in [3.8, 4) is 17.1 Å². The molecule has 0 radical (unpaired) electrons.